The molecule has 0 heterocycles. The zero-order chi connectivity index (χ0) is 20.9. The molecule has 6 nitrogen and oxygen atoms in total. The number of benzene rings is 3. The maximum atomic E-state index is 12.9. The van der Waals surface area contributed by atoms with Gasteiger partial charge < -0.3 is 10.1 Å². The summed E-state index contributed by atoms with van der Waals surface area (Å²) in [6.07, 6.45) is 0. The second-order valence-electron chi connectivity index (χ2n) is 6.44. The van der Waals surface area contributed by atoms with Crippen molar-refractivity contribution >= 4 is 21.6 Å². The maximum absolute atomic E-state index is 12.9. The van der Waals surface area contributed by atoms with Gasteiger partial charge in [0.1, 0.15) is 5.75 Å². The van der Waals surface area contributed by atoms with Crippen LogP contribution >= 0.6 is 0 Å². The normalized spacial score (nSPS) is 12.2. The topological polar surface area (TPSA) is 84.5 Å². The minimum Gasteiger partial charge on any atom is -0.495 e. The van der Waals surface area contributed by atoms with E-state index < -0.39 is 16.1 Å². The van der Waals surface area contributed by atoms with E-state index in [0.717, 1.165) is 5.56 Å². The number of sulfonamides is 1. The van der Waals surface area contributed by atoms with Crippen LogP contribution in [0.5, 0.6) is 5.75 Å². The monoisotopic (exact) mass is 410 g/mol. The Labute approximate surface area is 170 Å². The molecule has 3 aromatic rings. The highest BCUT2D eigenvalue weighted by atomic mass is 32.2. The van der Waals surface area contributed by atoms with E-state index in [4.69, 9.17) is 4.74 Å². The average Bonchev–Trinajstić information content (AvgIpc) is 2.74. The average molecular weight is 410 g/mol. The lowest BCUT2D eigenvalue weighted by Crippen LogP contribution is -2.27. The molecule has 29 heavy (non-hydrogen) atoms. The Morgan fingerprint density at radius 3 is 2.17 bits per heavy atom. The SMILES string of the molecule is COc1ccc(S(=O)(=O)N[C@@H](C)c2ccccc2)cc1NC(=O)c1ccccc1. The molecule has 1 atom stereocenters. The summed E-state index contributed by atoms with van der Waals surface area (Å²) in [5.74, 6) is 0.00778. The van der Waals surface area contributed by atoms with Gasteiger partial charge in [-0.25, -0.2) is 13.1 Å². The fourth-order valence-corrected chi connectivity index (χ4v) is 4.10. The molecule has 0 aliphatic carbocycles. The van der Waals surface area contributed by atoms with Crippen molar-refractivity contribution in [2.75, 3.05) is 12.4 Å². The number of carbonyl (C=O) groups excluding carboxylic acids is 1. The second kappa shape index (κ2) is 8.89. The van der Waals surface area contributed by atoms with Crippen molar-refractivity contribution in [3.05, 3.63) is 90.0 Å². The molecule has 3 aromatic carbocycles. The highest BCUT2D eigenvalue weighted by molar-refractivity contribution is 7.89. The number of rotatable bonds is 7. The third-order valence-corrected chi connectivity index (χ3v) is 5.94. The van der Waals surface area contributed by atoms with Crippen LogP contribution < -0.4 is 14.8 Å². The molecule has 0 saturated carbocycles. The first kappa shape index (κ1) is 20.6. The van der Waals surface area contributed by atoms with Crippen LogP contribution in [0.2, 0.25) is 0 Å². The molecule has 0 aromatic heterocycles. The first-order valence-electron chi connectivity index (χ1n) is 9.02. The van der Waals surface area contributed by atoms with E-state index in [0.29, 0.717) is 11.3 Å². The van der Waals surface area contributed by atoms with Crippen LogP contribution in [-0.2, 0) is 10.0 Å². The zero-order valence-electron chi connectivity index (χ0n) is 16.1. The van der Waals surface area contributed by atoms with Gasteiger partial charge in [0, 0.05) is 11.6 Å². The van der Waals surface area contributed by atoms with Gasteiger partial charge >= 0.3 is 0 Å². The van der Waals surface area contributed by atoms with Crippen LogP contribution in [0.25, 0.3) is 0 Å². The lowest BCUT2D eigenvalue weighted by atomic mass is 10.1. The summed E-state index contributed by atoms with van der Waals surface area (Å²) in [4.78, 5) is 12.5. The number of methoxy groups -OCH3 is 1. The molecule has 0 spiro atoms. The first-order chi connectivity index (χ1) is 13.9. The highest BCUT2D eigenvalue weighted by Gasteiger charge is 2.21. The Hall–Kier alpha value is -3.16. The Bertz CT molecular complexity index is 1080. The van der Waals surface area contributed by atoms with Crippen molar-refractivity contribution in [1.82, 2.24) is 4.72 Å². The third kappa shape index (κ3) is 5.01. The van der Waals surface area contributed by atoms with Crippen LogP contribution in [0.15, 0.2) is 83.8 Å². The van der Waals surface area contributed by atoms with Crippen molar-refractivity contribution in [2.45, 2.75) is 17.9 Å². The molecule has 0 aliphatic rings. The zero-order valence-corrected chi connectivity index (χ0v) is 16.9. The van der Waals surface area contributed by atoms with E-state index in [1.807, 2.05) is 36.4 Å². The van der Waals surface area contributed by atoms with Gasteiger partial charge in [-0.3, -0.25) is 4.79 Å². The largest absolute Gasteiger partial charge is 0.495 e. The van der Waals surface area contributed by atoms with Gasteiger partial charge in [-0.1, -0.05) is 48.5 Å². The molecular formula is C22H22N2O4S. The maximum Gasteiger partial charge on any atom is 0.255 e. The summed E-state index contributed by atoms with van der Waals surface area (Å²) in [5, 5.41) is 2.72. The number of hydrogen-bond acceptors (Lipinski definition) is 4. The number of anilines is 1. The molecule has 150 valence electrons. The molecule has 0 fully saturated rings. The first-order valence-corrected chi connectivity index (χ1v) is 10.5. The quantitative estimate of drug-likeness (QED) is 0.617. The van der Waals surface area contributed by atoms with E-state index in [9.17, 15) is 13.2 Å². The minimum absolute atomic E-state index is 0.0319. The summed E-state index contributed by atoms with van der Waals surface area (Å²) >= 11 is 0. The fraction of sp³-hybridized carbons (Fsp3) is 0.136. The standard InChI is InChI=1S/C22H22N2O4S/c1-16(17-9-5-3-6-10-17)24-29(26,27)19-13-14-21(28-2)20(15-19)23-22(25)18-11-7-4-8-12-18/h3-16,24H,1-2H3,(H,23,25)/t16-/m0/s1. The Morgan fingerprint density at radius 1 is 0.931 bits per heavy atom. The van der Waals surface area contributed by atoms with E-state index in [-0.39, 0.29) is 16.5 Å². The van der Waals surface area contributed by atoms with Crippen LogP contribution in [-0.4, -0.2) is 21.4 Å². The van der Waals surface area contributed by atoms with Crippen LogP contribution in [0.4, 0.5) is 5.69 Å². The summed E-state index contributed by atoms with van der Waals surface area (Å²) in [5.41, 5.74) is 1.58. The van der Waals surface area contributed by atoms with E-state index >= 15 is 0 Å². The smallest absolute Gasteiger partial charge is 0.255 e. The molecular weight excluding hydrogens is 388 g/mol. The summed E-state index contributed by atoms with van der Waals surface area (Å²) in [7, 11) is -2.36. The molecule has 1 amide bonds. The Kier molecular flexibility index (Phi) is 6.31. The lowest BCUT2D eigenvalue weighted by molar-refractivity contribution is 0.102. The van der Waals surface area contributed by atoms with Crippen molar-refractivity contribution in [2.24, 2.45) is 0 Å². The van der Waals surface area contributed by atoms with Gasteiger partial charge in [0.25, 0.3) is 5.91 Å². The number of carbonyl (C=O) groups is 1. The molecule has 0 bridgehead atoms. The molecule has 0 radical (unpaired) electrons. The van der Waals surface area contributed by atoms with Crippen LogP contribution in [0.1, 0.15) is 28.9 Å². The number of nitrogens with one attached hydrogen (secondary N) is 2. The molecule has 7 heteroatoms. The fourth-order valence-electron chi connectivity index (χ4n) is 2.85. The highest BCUT2D eigenvalue weighted by Crippen LogP contribution is 2.28. The van der Waals surface area contributed by atoms with Crippen molar-refractivity contribution < 1.29 is 17.9 Å². The van der Waals surface area contributed by atoms with E-state index in [1.165, 1.54) is 25.3 Å². The van der Waals surface area contributed by atoms with E-state index in [2.05, 4.69) is 10.0 Å². The van der Waals surface area contributed by atoms with Crippen LogP contribution in [0.3, 0.4) is 0 Å². The van der Waals surface area contributed by atoms with Gasteiger partial charge in [0.05, 0.1) is 17.7 Å². The van der Waals surface area contributed by atoms with Crippen molar-refractivity contribution in [1.29, 1.82) is 0 Å². The summed E-state index contributed by atoms with van der Waals surface area (Å²) in [6.45, 7) is 1.77. The molecule has 0 aliphatic heterocycles. The Morgan fingerprint density at radius 2 is 1.55 bits per heavy atom. The van der Waals surface area contributed by atoms with Crippen LogP contribution in [0, 0.1) is 0 Å². The molecule has 0 unspecified atom stereocenters. The van der Waals surface area contributed by atoms with E-state index in [1.54, 1.807) is 31.2 Å². The minimum atomic E-state index is -3.81. The van der Waals surface area contributed by atoms with Gasteiger partial charge in [0.15, 0.2) is 0 Å². The van der Waals surface area contributed by atoms with Gasteiger partial charge in [-0.2, -0.15) is 0 Å². The summed E-state index contributed by atoms with van der Waals surface area (Å²) < 4.78 is 33.6. The molecule has 0 saturated heterocycles. The number of amides is 1. The second-order valence-corrected chi connectivity index (χ2v) is 8.15. The van der Waals surface area contributed by atoms with Crippen molar-refractivity contribution in [3.8, 4) is 5.75 Å². The lowest BCUT2D eigenvalue weighted by Gasteiger charge is -2.16. The molecule has 3 rings (SSSR count). The summed E-state index contributed by atoms with van der Waals surface area (Å²) in [6, 6.07) is 21.9. The molecule has 2 N–H and O–H groups in total. The van der Waals surface area contributed by atoms with Gasteiger partial charge in [-0.15, -0.1) is 0 Å². The predicted octanol–water partition coefficient (Wildman–Crippen LogP) is 3.99. The number of ether oxygens (including phenoxy) is 1. The third-order valence-electron chi connectivity index (χ3n) is 4.40. The Balaban J connectivity index is 1.86. The predicted molar refractivity (Wildman–Crippen MR) is 113 cm³/mol. The van der Waals surface area contributed by atoms with Gasteiger partial charge in [0.2, 0.25) is 10.0 Å². The number of hydrogen-bond donors (Lipinski definition) is 2. The van der Waals surface area contributed by atoms with Crippen molar-refractivity contribution in [3.63, 3.8) is 0 Å². The van der Waals surface area contributed by atoms with Gasteiger partial charge in [-0.05, 0) is 42.8 Å².